The molecule has 0 aliphatic carbocycles. The third-order valence-corrected chi connectivity index (χ3v) is 6.71. The Bertz CT molecular complexity index is 1240. The number of nitrogens with zero attached hydrogens (tertiary/aromatic N) is 3. The van der Waals surface area contributed by atoms with Crippen molar-refractivity contribution in [2.75, 3.05) is 5.32 Å². The number of aryl methyl sites for hydroxylation is 4. The summed E-state index contributed by atoms with van der Waals surface area (Å²) in [6.07, 6.45) is 1.78. The van der Waals surface area contributed by atoms with Crippen LogP contribution in [0.2, 0.25) is 0 Å². The van der Waals surface area contributed by atoms with Crippen molar-refractivity contribution >= 4 is 40.1 Å². The van der Waals surface area contributed by atoms with Gasteiger partial charge in [0.1, 0.15) is 5.25 Å². The third kappa shape index (κ3) is 5.72. The molecule has 1 N–H and O–H groups in total. The van der Waals surface area contributed by atoms with Gasteiger partial charge in [-0.05, 0) is 80.3 Å². The second kappa shape index (κ2) is 10.2. The molecule has 1 atom stereocenters. The molecule has 1 saturated heterocycles. The SMILES string of the molecule is Cc1cc(C)cc(N=C2SC(CC(=O)Nc3cc(C)ccc3C)C(=O)N2Cc2ccccn2)c1. The molecule has 4 rings (SSSR count). The number of hydrogen-bond donors (Lipinski definition) is 1. The molecule has 1 aliphatic heterocycles. The van der Waals surface area contributed by atoms with Gasteiger partial charge >= 0.3 is 0 Å². The maximum Gasteiger partial charge on any atom is 0.243 e. The molecule has 2 aromatic carbocycles. The summed E-state index contributed by atoms with van der Waals surface area (Å²) in [5.41, 5.74) is 6.60. The first-order valence-electron chi connectivity index (χ1n) is 11.2. The zero-order chi connectivity index (χ0) is 24.2. The number of amidine groups is 1. The van der Waals surface area contributed by atoms with Gasteiger partial charge in [0, 0.05) is 18.3 Å². The Morgan fingerprint density at radius 2 is 1.79 bits per heavy atom. The number of benzene rings is 2. The number of aromatic nitrogens is 1. The van der Waals surface area contributed by atoms with E-state index in [1.54, 1.807) is 11.1 Å². The average Bonchev–Trinajstić information content (AvgIpc) is 3.05. The molecule has 3 aromatic rings. The van der Waals surface area contributed by atoms with E-state index in [1.165, 1.54) is 11.8 Å². The van der Waals surface area contributed by atoms with Crippen molar-refractivity contribution in [1.29, 1.82) is 0 Å². The fourth-order valence-electron chi connectivity index (χ4n) is 3.89. The van der Waals surface area contributed by atoms with Crippen LogP contribution in [0.3, 0.4) is 0 Å². The van der Waals surface area contributed by atoms with Crippen molar-refractivity contribution in [3.8, 4) is 0 Å². The Morgan fingerprint density at radius 3 is 2.50 bits per heavy atom. The zero-order valence-electron chi connectivity index (χ0n) is 19.8. The van der Waals surface area contributed by atoms with Gasteiger partial charge in [-0.1, -0.05) is 36.0 Å². The van der Waals surface area contributed by atoms with Gasteiger partial charge in [-0.15, -0.1) is 0 Å². The van der Waals surface area contributed by atoms with E-state index in [9.17, 15) is 9.59 Å². The normalized spacial score (nSPS) is 16.8. The van der Waals surface area contributed by atoms with Gasteiger partial charge in [0.2, 0.25) is 11.8 Å². The molecule has 0 spiro atoms. The van der Waals surface area contributed by atoms with Crippen LogP contribution in [0.4, 0.5) is 11.4 Å². The Morgan fingerprint density at radius 1 is 1.03 bits per heavy atom. The maximum absolute atomic E-state index is 13.4. The van der Waals surface area contributed by atoms with E-state index < -0.39 is 5.25 Å². The van der Waals surface area contributed by atoms with Crippen molar-refractivity contribution in [1.82, 2.24) is 9.88 Å². The smallest absolute Gasteiger partial charge is 0.243 e. The summed E-state index contributed by atoms with van der Waals surface area (Å²) < 4.78 is 0. The number of anilines is 1. The van der Waals surface area contributed by atoms with Crippen LogP contribution in [-0.4, -0.2) is 32.1 Å². The van der Waals surface area contributed by atoms with E-state index in [0.717, 1.165) is 39.3 Å². The van der Waals surface area contributed by atoms with Crippen molar-refractivity contribution < 1.29 is 9.59 Å². The van der Waals surface area contributed by atoms with Crippen LogP contribution in [-0.2, 0) is 16.1 Å². The standard InChI is InChI=1S/C27H28N4O2S/c1-17-8-9-20(4)23(14-17)30-25(32)15-24-26(33)31(16-21-7-5-6-10-28-21)27(34-24)29-22-12-18(2)11-19(3)13-22/h5-14,24H,15-16H2,1-4H3,(H,30,32). The van der Waals surface area contributed by atoms with Crippen molar-refractivity contribution in [2.24, 2.45) is 4.99 Å². The molecule has 2 amide bonds. The quantitative estimate of drug-likeness (QED) is 0.516. The number of amides is 2. The molecule has 174 valence electrons. The number of rotatable bonds is 6. The van der Waals surface area contributed by atoms with E-state index in [-0.39, 0.29) is 18.2 Å². The van der Waals surface area contributed by atoms with Crippen LogP contribution in [0, 0.1) is 27.7 Å². The summed E-state index contributed by atoms with van der Waals surface area (Å²) in [6.45, 7) is 8.29. The van der Waals surface area contributed by atoms with E-state index in [1.807, 2.05) is 76.2 Å². The number of hydrogen-bond acceptors (Lipinski definition) is 5. The molecule has 0 radical (unpaired) electrons. The van der Waals surface area contributed by atoms with Gasteiger partial charge in [0.15, 0.2) is 5.17 Å². The summed E-state index contributed by atoms with van der Waals surface area (Å²) in [5.74, 6) is -0.320. The first-order chi connectivity index (χ1) is 16.3. The van der Waals surface area contributed by atoms with E-state index in [4.69, 9.17) is 4.99 Å². The molecule has 2 heterocycles. The summed E-state index contributed by atoms with van der Waals surface area (Å²) in [6, 6.07) is 17.6. The van der Waals surface area contributed by atoms with Gasteiger partial charge in [0.05, 0.1) is 17.9 Å². The molecule has 1 aromatic heterocycles. The molecule has 0 bridgehead atoms. The van der Waals surface area contributed by atoms with E-state index in [0.29, 0.717) is 11.7 Å². The van der Waals surface area contributed by atoms with Crippen LogP contribution in [0.1, 0.15) is 34.4 Å². The second-order valence-electron chi connectivity index (χ2n) is 8.66. The summed E-state index contributed by atoms with van der Waals surface area (Å²) >= 11 is 1.34. The highest BCUT2D eigenvalue weighted by molar-refractivity contribution is 8.15. The van der Waals surface area contributed by atoms with Gasteiger partial charge in [-0.2, -0.15) is 0 Å². The van der Waals surface area contributed by atoms with Gasteiger partial charge in [-0.3, -0.25) is 19.5 Å². The Balaban J connectivity index is 1.57. The molecule has 0 saturated carbocycles. The largest absolute Gasteiger partial charge is 0.326 e. The Labute approximate surface area is 204 Å². The molecule has 7 heteroatoms. The lowest BCUT2D eigenvalue weighted by Gasteiger charge is -2.16. The van der Waals surface area contributed by atoms with Crippen LogP contribution in [0.25, 0.3) is 0 Å². The molecule has 34 heavy (non-hydrogen) atoms. The lowest BCUT2D eigenvalue weighted by atomic mass is 10.1. The molecular weight excluding hydrogens is 444 g/mol. The highest BCUT2D eigenvalue weighted by Gasteiger charge is 2.39. The zero-order valence-corrected chi connectivity index (χ0v) is 20.6. The van der Waals surface area contributed by atoms with Crippen LogP contribution in [0.5, 0.6) is 0 Å². The highest BCUT2D eigenvalue weighted by atomic mass is 32.2. The minimum Gasteiger partial charge on any atom is -0.326 e. The van der Waals surface area contributed by atoms with Crippen molar-refractivity contribution in [2.45, 2.75) is 45.9 Å². The number of pyridine rings is 1. The predicted molar refractivity (Wildman–Crippen MR) is 138 cm³/mol. The lowest BCUT2D eigenvalue weighted by molar-refractivity contribution is -0.128. The molecule has 1 unspecified atom stereocenters. The highest BCUT2D eigenvalue weighted by Crippen LogP contribution is 2.33. The number of aliphatic imine (C=N–C) groups is 1. The van der Waals surface area contributed by atoms with Gasteiger partial charge in [-0.25, -0.2) is 4.99 Å². The van der Waals surface area contributed by atoms with Crippen LogP contribution in [0.15, 0.2) is 65.8 Å². The number of carbonyl (C=O) groups is 2. The monoisotopic (exact) mass is 472 g/mol. The van der Waals surface area contributed by atoms with Crippen molar-refractivity contribution in [3.05, 3.63) is 88.7 Å². The number of nitrogens with one attached hydrogen (secondary N) is 1. The Hall–Kier alpha value is -3.45. The van der Waals surface area contributed by atoms with Crippen LogP contribution >= 0.6 is 11.8 Å². The fraction of sp³-hybridized carbons (Fsp3) is 0.259. The van der Waals surface area contributed by atoms with E-state index >= 15 is 0 Å². The van der Waals surface area contributed by atoms with Gasteiger partial charge in [0.25, 0.3) is 0 Å². The van der Waals surface area contributed by atoms with Crippen LogP contribution < -0.4 is 5.32 Å². The maximum atomic E-state index is 13.4. The topological polar surface area (TPSA) is 74.7 Å². The fourth-order valence-corrected chi connectivity index (χ4v) is 5.05. The molecular formula is C27H28N4O2S. The molecule has 1 aliphatic rings. The number of carbonyl (C=O) groups excluding carboxylic acids is 2. The number of thioether (sulfide) groups is 1. The minimum absolute atomic E-state index is 0.0709. The summed E-state index contributed by atoms with van der Waals surface area (Å²) in [4.78, 5) is 37.0. The van der Waals surface area contributed by atoms with E-state index in [2.05, 4.69) is 16.4 Å². The lowest BCUT2D eigenvalue weighted by Crippen LogP contribution is -2.33. The van der Waals surface area contributed by atoms with Gasteiger partial charge < -0.3 is 5.32 Å². The summed E-state index contributed by atoms with van der Waals surface area (Å²) in [5, 5.41) is 3.01. The first kappa shape index (κ1) is 23.7. The summed E-state index contributed by atoms with van der Waals surface area (Å²) in [7, 11) is 0. The molecule has 1 fully saturated rings. The van der Waals surface area contributed by atoms with Crippen molar-refractivity contribution in [3.63, 3.8) is 0 Å². The predicted octanol–water partition coefficient (Wildman–Crippen LogP) is 5.48. The second-order valence-corrected chi connectivity index (χ2v) is 9.83. The molecule has 6 nitrogen and oxygen atoms in total. The Kier molecular flexibility index (Phi) is 7.12. The third-order valence-electron chi connectivity index (χ3n) is 5.54. The minimum atomic E-state index is -0.543. The average molecular weight is 473 g/mol. The first-order valence-corrected chi connectivity index (χ1v) is 12.1.